The van der Waals surface area contributed by atoms with Crippen LogP contribution in [-0.2, 0) is 14.3 Å². The standard InChI is InChI=1S/C28H33NO5S/c1-3-32-28(30)20-34-27-9-8-25(15-21(27)2)35-26-17-23(5-4-10-29-11-13-31-14-12-29)16-24(18-26)33-19-22-6-7-22/h8-9,15-18,22H,3,6-7,10-14,19-20H2,1-2H3. The zero-order valence-electron chi connectivity index (χ0n) is 20.5. The minimum Gasteiger partial charge on any atom is -0.493 e. The van der Waals surface area contributed by atoms with Gasteiger partial charge < -0.3 is 18.9 Å². The summed E-state index contributed by atoms with van der Waals surface area (Å²) in [4.78, 5) is 16.1. The molecule has 0 N–H and O–H groups in total. The van der Waals surface area contributed by atoms with E-state index in [4.69, 9.17) is 18.9 Å². The predicted molar refractivity (Wildman–Crippen MR) is 136 cm³/mol. The molecule has 0 atom stereocenters. The van der Waals surface area contributed by atoms with Crippen LogP contribution < -0.4 is 9.47 Å². The second-order valence-electron chi connectivity index (χ2n) is 8.76. The Morgan fingerprint density at radius 1 is 1.11 bits per heavy atom. The van der Waals surface area contributed by atoms with Gasteiger partial charge >= 0.3 is 5.97 Å². The fourth-order valence-corrected chi connectivity index (χ4v) is 4.63. The number of morpholine rings is 1. The van der Waals surface area contributed by atoms with Crippen LogP contribution in [-0.4, -0.2) is 63.5 Å². The van der Waals surface area contributed by atoms with E-state index in [0.717, 1.165) is 66.1 Å². The molecule has 1 saturated heterocycles. The Hall–Kier alpha value is -2.66. The lowest BCUT2D eigenvalue weighted by molar-refractivity contribution is -0.145. The minimum absolute atomic E-state index is 0.0893. The quantitative estimate of drug-likeness (QED) is 0.354. The molecule has 1 aliphatic carbocycles. The first kappa shape index (κ1) is 25.4. The van der Waals surface area contributed by atoms with E-state index in [0.29, 0.717) is 18.3 Å². The topological polar surface area (TPSA) is 57.2 Å². The molecule has 0 aromatic heterocycles. The third-order valence-corrected chi connectivity index (χ3v) is 6.70. The summed E-state index contributed by atoms with van der Waals surface area (Å²) in [6, 6.07) is 12.2. The summed E-state index contributed by atoms with van der Waals surface area (Å²) >= 11 is 1.66. The number of ether oxygens (including phenoxy) is 4. The van der Waals surface area contributed by atoms with E-state index < -0.39 is 0 Å². The minimum atomic E-state index is -0.365. The molecule has 4 rings (SSSR count). The maximum Gasteiger partial charge on any atom is 0.344 e. The number of carbonyl (C=O) groups excluding carboxylic acids is 1. The summed E-state index contributed by atoms with van der Waals surface area (Å²) in [5, 5.41) is 0. The van der Waals surface area contributed by atoms with Crippen LogP contribution in [0.25, 0.3) is 0 Å². The van der Waals surface area contributed by atoms with Crippen LogP contribution in [0.1, 0.15) is 30.9 Å². The second kappa shape index (κ2) is 12.9. The van der Waals surface area contributed by atoms with Gasteiger partial charge in [-0.25, -0.2) is 4.79 Å². The summed E-state index contributed by atoms with van der Waals surface area (Å²) in [5.74, 6) is 8.51. The van der Waals surface area contributed by atoms with Crippen LogP contribution >= 0.6 is 11.8 Å². The average molecular weight is 496 g/mol. The number of esters is 1. The molecule has 6 nitrogen and oxygen atoms in total. The first-order chi connectivity index (χ1) is 17.1. The Kier molecular flexibility index (Phi) is 9.35. The van der Waals surface area contributed by atoms with Gasteiger partial charge in [-0.15, -0.1) is 0 Å². The maximum atomic E-state index is 11.6. The van der Waals surface area contributed by atoms with E-state index in [1.165, 1.54) is 12.8 Å². The third-order valence-electron chi connectivity index (χ3n) is 5.73. The van der Waals surface area contributed by atoms with Gasteiger partial charge in [-0.05, 0) is 74.6 Å². The Bertz CT molecular complexity index is 1070. The summed E-state index contributed by atoms with van der Waals surface area (Å²) in [7, 11) is 0. The Morgan fingerprint density at radius 3 is 2.69 bits per heavy atom. The highest BCUT2D eigenvalue weighted by atomic mass is 32.2. The van der Waals surface area contributed by atoms with Gasteiger partial charge in [-0.2, -0.15) is 0 Å². The second-order valence-corrected chi connectivity index (χ2v) is 9.91. The van der Waals surface area contributed by atoms with Gasteiger partial charge in [0.05, 0.1) is 33.0 Å². The van der Waals surface area contributed by atoms with Gasteiger partial charge in [0.2, 0.25) is 0 Å². The van der Waals surface area contributed by atoms with Crippen molar-refractivity contribution in [1.82, 2.24) is 4.90 Å². The van der Waals surface area contributed by atoms with Crippen LogP contribution in [0.2, 0.25) is 0 Å². The predicted octanol–water partition coefficient (Wildman–Crippen LogP) is 4.56. The fourth-order valence-electron chi connectivity index (χ4n) is 3.62. The van der Waals surface area contributed by atoms with Gasteiger partial charge in [-0.3, -0.25) is 4.90 Å². The van der Waals surface area contributed by atoms with Gasteiger partial charge in [0.25, 0.3) is 0 Å². The maximum absolute atomic E-state index is 11.6. The van der Waals surface area contributed by atoms with Crippen LogP contribution in [0.5, 0.6) is 11.5 Å². The number of carbonyl (C=O) groups is 1. The number of rotatable bonds is 10. The van der Waals surface area contributed by atoms with Gasteiger partial charge in [0.1, 0.15) is 11.5 Å². The fraction of sp³-hybridized carbons (Fsp3) is 0.464. The van der Waals surface area contributed by atoms with Crippen LogP contribution in [0.15, 0.2) is 46.2 Å². The van der Waals surface area contributed by atoms with E-state index in [-0.39, 0.29) is 12.6 Å². The number of benzene rings is 2. The van der Waals surface area contributed by atoms with E-state index >= 15 is 0 Å². The Labute approximate surface area is 212 Å². The molecular weight excluding hydrogens is 462 g/mol. The normalized spacial score (nSPS) is 15.7. The third kappa shape index (κ3) is 8.50. The molecule has 2 aliphatic rings. The van der Waals surface area contributed by atoms with Gasteiger partial charge in [-0.1, -0.05) is 23.6 Å². The zero-order chi connectivity index (χ0) is 24.5. The van der Waals surface area contributed by atoms with E-state index in [2.05, 4.69) is 34.9 Å². The molecule has 1 aliphatic heterocycles. The lowest BCUT2D eigenvalue weighted by atomic mass is 10.2. The Balaban J connectivity index is 1.44. The molecule has 2 aromatic rings. The molecule has 0 amide bonds. The van der Waals surface area contributed by atoms with Gasteiger partial charge in [0.15, 0.2) is 6.61 Å². The first-order valence-electron chi connectivity index (χ1n) is 12.2. The molecule has 35 heavy (non-hydrogen) atoms. The molecule has 0 bridgehead atoms. The van der Waals surface area contributed by atoms with Crippen LogP contribution in [0.3, 0.4) is 0 Å². The molecule has 2 fully saturated rings. The molecule has 0 spiro atoms. The van der Waals surface area contributed by atoms with Crippen molar-refractivity contribution in [3.8, 4) is 23.3 Å². The molecule has 7 heteroatoms. The van der Waals surface area contributed by atoms with Crippen molar-refractivity contribution >= 4 is 17.7 Å². The van der Waals surface area contributed by atoms with Crippen molar-refractivity contribution in [2.75, 3.05) is 52.7 Å². The molecule has 2 aromatic carbocycles. The van der Waals surface area contributed by atoms with E-state index in [9.17, 15) is 4.79 Å². The molecule has 0 unspecified atom stereocenters. The molecule has 186 valence electrons. The largest absolute Gasteiger partial charge is 0.493 e. The molecular formula is C28H33NO5S. The summed E-state index contributed by atoms with van der Waals surface area (Å²) in [5.41, 5.74) is 1.92. The number of nitrogens with zero attached hydrogens (tertiary/aromatic N) is 1. The molecule has 1 saturated carbocycles. The number of aryl methyl sites for hydroxylation is 1. The average Bonchev–Trinajstić information content (AvgIpc) is 3.68. The van der Waals surface area contributed by atoms with Crippen molar-refractivity contribution in [3.05, 3.63) is 47.5 Å². The highest BCUT2D eigenvalue weighted by Gasteiger charge is 2.22. The van der Waals surface area contributed by atoms with Crippen molar-refractivity contribution in [3.63, 3.8) is 0 Å². The lowest BCUT2D eigenvalue weighted by Crippen LogP contribution is -2.36. The van der Waals surface area contributed by atoms with Crippen molar-refractivity contribution in [2.24, 2.45) is 5.92 Å². The highest BCUT2D eigenvalue weighted by molar-refractivity contribution is 7.99. The highest BCUT2D eigenvalue weighted by Crippen LogP contribution is 2.35. The summed E-state index contributed by atoms with van der Waals surface area (Å²) in [6.07, 6.45) is 2.51. The summed E-state index contributed by atoms with van der Waals surface area (Å²) < 4.78 is 22.1. The van der Waals surface area contributed by atoms with Crippen LogP contribution in [0.4, 0.5) is 0 Å². The van der Waals surface area contributed by atoms with Crippen LogP contribution in [0, 0.1) is 24.7 Å². The first-order valence-corrected chi connectivity index (χ1v) is 13.0. The van der Waals surface area contributed by atoms with Crippen molar-refractivity contribution in [2.45, 2.75) is 36.5 Å². The van der Waals surface area contributed by atoms with Gasteiger partial charge in [0, 0.05) is 28.4 Å². The monoisotopic (exact) mass is 495 g/mol. The van der Waals surface area contributed by atoms with E-state index in [1.54, 1.807) is 18.7 Å². The number of hydrogen-bond acceptors (Lipinski definition) is 7. The SMILES string of the molecule is CCOC(=O)COc1ccc(Sc2cc(C#CCN3CCOCC3)cc(OCC3CC3)c2)cc1C. The Morgan fingerprint density at radius 2 is 1.94 bits per heavy atom. The van der Waals surface area contributed by atoms with Crippen molar-refractivity contribution < 1.29 is 23.7 Å². The van der Waals surface area contributed by atoms with Crippen molar-refractivity contribution in [1.29, 1.82) is 0 Å². The van der Waals surface area contributed by atoms with E-state index in [1.807, 2.05) is 25.1 Å². The zero-order valence-corrected chi connectivity index (χ0v) is 21.3. The number of hydrogen-bond donors (Lipinski definition) is 0. The smallest absolute Gasteiger partial charge is 0.344 e. The lowest BCUT2D eigenvalue weighted by Gasteiger charge is -2.24. The molecule has 0 radical (unpaired) electrons. The molecule has 1 heterocycles. The summed E-state index contributed by atoms with van der Waals surface area (Å²) in [6.45, 7) is 8.93.